The second kappa shape index (κ2) is 8.78. The highest BCUT2D eigenvalue weighted by molar-refractivity contribution is 7.19. The normalized spacial score (nSPS) is 10.5. The molecule has 0 fully saturated rings. The zero-order chi connectivity index (χ0) is 22.0. The van der Waals surface area contributed by atoms with Crippen LogP contribution in [0, 0.1) is 11.3 Å². The van der Waals surface area contributed by atoms with E-state index in [2.05, 4.69) is 31.9 Å². The van der Waals surface area contributed by atoms with Gasteiger partial charge in [0.1, 0.15) is 11.9 Å². The molecule has 0 aliphatic carbocycles. The van der Waals surface area contributed by atoms with E-state index in [1.54, 1.807) is 42.7 Å². The van der Waals surface area contributed by atoms with Crippen molar-refractivity contribution in [3.63, 3.8) is 0 Å². The molecule has 0 aliphatic heterocycles. The van der Waals surface area contributed by atoms with E-state index in [4.69, 9.17) is 23.2 Å². The molecule has 2 amide bonds. The molecule has 0 unspecified atom stereocenters. The second-order valence-electron chi connectivity index (χ2n) is 6.35. The second-order valence-corrected chi connectivity index (χ2v) is 8.21. The summed E-state index contributed by atoms with van der Waals surface area (Å²) in [4.78, 5) is 17.4. The molecule has 10 heteroatoms. The highest BCUT2D eigenvalue weighted by atomic mass is 35.5. The summed E-state index contributed by atoms with van der Waals surface area (Å²) >= 11 is 14.0. The molecule has 0 spiro atoms. The Morgan fingerprint density at radius 1 is 1.16 bits per heavy atom. The van der Waals surface area contributed by atoms with Gasteiger partial charge >= 0.3 is 6.03 Å². The van der Waals surface area contributed by atoms with Gasteiger partial charge in [-0.3, -0.25) is 10.4 Å². The Hall–Kier alpha value is -3.38. The number of aromatic nitrogens is 3. The van der Waals surface area contributed by atoms with Crippen molar-refractivity contribution < 1.29 is 4.79 Å². The van der Waals surface area contributed by atoms with Gasteiger partial charge in [0.25, 0.3) is 0 Å². The molecule has 0 saturated heterocycles. The lowest BCUT2D eigenvalue weighted by atomic mass is 9.98. The van der Waals surface area contributed by atoms with Crippen LogP contribution in [-0.2, 0) is 0 Å². The van der Waals surface area contributed by atoms with Gasteiger partial charge < -0.3 is 5.32 Å². The number of benzene rings is 1. The number of rotatable bonds is 4. The molecule has 0 saturated carbocycles. The number of urea groups is 1. The van der Waals surface area contributed by atoms with Crippen LogP contribution >= 0.6 is 34.5 Å². The van der Waals surface area contributed by atoms with E-state index in [1.807, 2.05) is 6.07 Å². The van der Waals surface area contributed by atoms with Gasteiger partial charge in [0.05, 0.1) is 21.0 Å². The summed E-state index contributed by atoms with van der Waals surface area (Å²) in [6, 6.07) is 12.4. The maximum absolute atomic E-state index is 11.7. The Bertz CT molecular complexity index is 1310. The quantitative estimate of drug-likeness (QED) is 0.351. The molecule has 0 atom stereocenters. The fourth-order valence-corrected chi connectivity index (χ4v) is 4.82. The Labute approximate surface area is 191 Å². The van der Waals surface area contributed by atoms with Gasteiger partial charge in [-0.25, -0.2) is 9.78 Å². The average molecular weight is 469 g/mol. The van der Waals surface area contributed by atoms with Crippen molar-refractivity contribution in [2.75, 3.05) is 12.4 Å². The Morgan fingerprint density at radius 2 is 2.00 bits per heavy atom. The Morgan fingerprint density at radius 3 is 2.68 bits per heavy atom. The molecule has 1 aromatic carbocycles. The van der Waals surface area contributed by atoms with Gasteiger partial charge in [0.15, 0.2) is 0 Å². The lowest BCUT2D eigenvalue weighted by molar-refractivity contribution is 0.254. The minimum absolute atomic E-state index is 0.364. The third-order valence-electron chi connectivity index (χ3n) is 4.46. The Kier molecular flexibility index (Phi) is 5.91. The summed E-state index contributed by atoms with van der Waals surface area (Å²) in [6.45, 7) is 0. The number of nitrogens with one attached hydrogen (secondary N) is 3. The minimum atomic E-state index is -0.386. The fourth-order valence-electron chi connectivity index (χ4n) is 3.08. The van der Waals surface area contributed by atoms with Crippen molar-refractivity contribution in [1.82, 2.24) is 20.5 Å². The minimum Gasteiger partial charge on any atom is -0.341 e. The lowest BCUT2D eigenvalue weighted by Crippen LogP contribution is -2.24. The number of carbonyl (C=O) groups is 1. The number of amides is 2. The van der Waals surface area contributed by atoms with E-state index in [0.29, 0.717) is 32.6 Å². The van der Waals surface area contributed by atoms with E-state index in [9.17, 15) is 10.1 Å². The molecule has 0 bridgehead atoms. The Balaban J connectivity index is 1.94. The van der Waals surface area contributed by atoms with E-state index < -0.39 is 0 Å². The molecule has 0 radical (unpaired) electrons. The monoisotopic (exact) mass is 468 g/mol. The molecule has 7 nitrogen and oxygen atoms in total. The van der Waals surface area contributed by atoms with Gasteiger partial charge in [-0.1, -0.05) is 29.3 Å². The molecule has 154 valence electrons. The van der Waals surface area contributed by atoms with Crippen LogP contribution in [0.5, 0.6) is 0 Å². The molecule has 0 aliphatic rings. The maximum Gasteiger partial charge on any atom is 0.320 e. The zero-order valence-electron chi connectivity index (χ0n) is 16.0. The van der Waals surface area contributed by atoms with Crippen molar-refractivity contribution in [1.29, 1.82) is 5.26 Å². The number of nitrogens with zero attached hydrogens (tertiary/aromatic N) is 3. The predicted octanol–water partition coefficient (Wildman–Crippen LogP) is 5.80. The van der Waals surface area contributed by atoms with Crippen molar-refractivity contribution in [2.24, 2.45) is 0 Å². The molecular weight excluding hydrogens is 455 g/mol. The van der Waals surface area contributed by atoms with Crippen molar-refractivity contribution in [3.8, 4) is 38.2 Å². The van der Waals surface area contributed by atoms with Gasteiger partial charge in [0.2, 0.25) is 0 Å². The van der Waals surface area contributed by atoms with E-state index in [1.165, 1.54) is 18.4 Å². The van der Waals surface area contributed by atoms with Crippen LogP contribution in [0.2, 0.25) is 10.0 Å². The molecular formula is C21H14Cl2N6OS. The number of hydrogen-bond donors (Lipinski definition) is 3. The first-order valence-corrected chi connectivity index (χ1v) is 10.6. The fraction of sp³-hybridized carbons (Fsp3) is 0.0476. The van der Waals surface area contributed by atoms with Gasteiger partial charge in [-0.2, -0.15) is 10.4 Å². The third kappa shape index (κ3) is 4.11. The number of nitriles is 1. The molecule has 31 heavy (non-hydrogen) atoms. The highest BCUT2D eigenvalue weighted by Gasteiger charge is 2.24. The third-order valence-corrected chi connectivity index (χ3v) is 6.28. The summed E-state index contributed by atoms with van der Waals surface area (Å²) < 4.78 is 0. The number of carbonyl (C=O) groups excluding carboxylic acids is 1. The van der Waals surface area contributed by atoms with Crippen molar-refractivity contribution >= 4 is 46.4 Å². The standard InChI is InChI=1S/C21H14Cl2N6OS/c1-25-21(30)28-17-8-11(4-6-26-17)19-14(10-24)18(13-3-2-12(22)9-15(13)23)20(31-19)16-5-7-27-29-16/h2-9H,1H3,(H,27,29)(H2,25,26,28,30). The molecule has 4 aromatic rings. The summed E-state index contributed by atoms with van der Waals surface area (Å²) in [7, 11) is 1.52. The van der Waals surface area contributed by atoms with Gasteiger partial charge in [-0.15, -0.1) is 11.3 Å². The van der Waals surface area contributed by atoms with E-state index >= 15 is 0 Å². The molecule has 3 heterocycles. The first-order chi connectivity index (χ1) is 15.0. The first kappa shape index (κ1) is 20.9. The van der Waals surface area contributed by atoms with Crippen LogP contribution in [0.25, 0.3) is 32.1 Å². The van der Waals surface area contributed by atoms with Crippen LogP contribution in [0.3, 0.4) is 0 Å². The van der Waals surface area contributed by atoms with Crippen LogP contribution in [0.4, 0.5) is 10.6 Å². The van der Waals surface area contributed by atoms with Crippen LogP contribution in [0.1, 0.15) is 5.56 Å². The summed E-state index contributed by atoms with van der Waals surface area (Å²) in [5.41, 5.74) is 3.32. The predicted molar refractivity (Wildman–Crippen MR) is 123 cm³/mol. The number of thiophene rings is 1. The van der Waals surface area contributed by atoms with Crippen LogP contribution in [-0.4, -0.2) is 28.3 Å². The topological polar surface area (TPSA) is 106 Å². The summed E-state index contributed by atoms with van der Waals surface area (Å²) in [5, 5.41) is 23.2. The first-order valence-electron chi connectivity index (χ1n) is 8.99. The number of hydrogen-bond acceptors (Lipinski definition) is 5. The van der Waals surface area contributed by atoms with Crippen LogP contribution < -0.4 is 10.6 Å². The smallest absolute Gasteiger partial charge is 0.320 e. The number of pyridine rings is 1. The highest BCUT2D eigenvalue weighted by Crippen LogP contribution is 2.48. The lowest BCUT2D eigenvalue weighted by Gasteiger charge is -2.07. The number of aromatic amines is 1. The summed E-state index contributed by atoms with van der Waals surface area (Å²) in [5.74, 6) is 0.364. The largest absolute Gasteiger partial charge is 0.341 e. The van der Waals surface area contributed by atoms with Gasteiger partial charge in [0, 0.05) is 40.6 Å². The molecule has 3 N–H and O–H groups in total. The zero-order valence-corrected chi connectivity index (χ0v) is 18.4. The van der Waals surface area contributed by atoms with Crippen molar-refractivity contribution in [2.45, 2.75) is 0 Å². The number of anilines is 1. The molecule has 3 aromatic heterocycles. The van der Waals surface area contributed by atoms with Crippen LogP contribution in [0.15, 0.2) is 48.8 Å². The average Bonchev–Trinajstić information content (AvgIpc) is 3.41. The number of halogens is 2. The van der Waals surface area contributed by atoms with E-state index in [0.717, 1.165) is 21.0 Å². The van der Waals surface area contributed by atoms with E-state index in [-0.39, 0.29) is 6.03 Å². The van der Waals surface area contributed by atoms with Gasteiger partial charge in [-0.05, 0) is 35.9 Å². The van der Waals surface area contributed by atoms with Crippen molar-refractivity contribution in [3.05, 3.63) is 64.4 Å². The maximum atomic E-state index is 11.7. The SMILES string of the molecule is CNC(=O)Nc1cc(-c2sc(-c3ccn[nH]3)c(-c3ccc(Cl)cc3Cl)c2C#N)ccn1. The molecule has 4 rings (SSSR count). The summed E-state index contributed by atoms with van der Waals surface area (Å²) in [6.07, 6.45) is 3.22. The number of H-pyrrole nitrogens is 1.